The van der Waals surface area contributed by atoms with Crippen molar-refractivity contribution >= 4 is 33.2 Å². The van der Waals surface area contributed by atoms with Crippen molar-refractivity contribution in [2.75, 3.05) is 40.1 Å². The van der Waals surface area contributed by atoms with Crippen molar-refractivity contribution in [3.8, 4) is 0 Å². The molecule has 2 fully saturated rings. The van der Waals surface area contributed by atoms with Gasteiger partial charge in [0.2, 0.25) is 5.91 Å². The first-order valence-electron chi connectivity index (χ1n) is 9.21. The minimum atomic E-state index is -0.420. The fraction of sp³-hybridized carbons (Fsp3) is 0.579. The molecule has 3 rings (SSSR count). The number of ether oxygens (including phenoxy) is 2. The fourth-order valence-corrected chi connectivity index (χ4v) is 4.02. The number of hydrogen-bond donors (Lipinski definition) is 1. The summed E-state index contributed by atoms with van der Waals surface area (Å²) < 4.78 is 25.7. The summed E-state index contributed by atoms with van der Waals surface area (Å²) in [7, 11) is 1.60. The molecule has 27 heavy (non-hydrogen) atoms. The minimum Gasteiger partial charge on any atom is -0.383 e. The first-order valence-corrected chi connectivity index (χ1v) is 10.0. The van der Waals surface area contributed by atoms with Crippen molar-refractivity contribution in [2.45, 2.75) is 25.3 Å². The van der Waals surface area contributed by atoms with E-state index < -0.39 is 11.7 Å². The molecule has 2 heterocycles. The van der Waals surface area contributed by atoms with Gasteiger partial charge in [-0.25, -0.2) is 4.39 Å². The SMILES string of the molecule is COCCNC(=O)C1C(=Nc2ccc(Br)cc2F)CCOCN2CCCC12. The molecule has 8 heteroatoms. The predicted molar refractivity (Wildman–Crippen MR) is 105 cm³/mol. The second-order valence-electron chi connectivity index (χ2n) is 6.77. The van der Waals surface area contributed by atoms with Crippen LogP contribution in [0.5, 0.6) is 0 Å². The number of fused-ring (bicyclic) bond motifs is 1. The van der Waals surface area contributed by atoms with Crippen LogP contribution in [0, 0.1) is 11.7 Å². The third kappa shape index (κ3) is 5.13. The number of nitrogens with zero attached hydrogens (tertiary/aromatic N) is 2. The van der Waals surface area contributed by atoms with Gasteiger partial charge in [-0.15, -0.1) is 0 Å². The lowest BCUT2D eigenvalue weighted by Gasteiger charge is -2.34. The van der Waals surface area contributed by atoms with Gasteiger partial charge in [0, 0.05) is 42.8 Å². The van der Waals surface area contributed by atoms with Crippen LogP contribution < -0.4 is 5.32 Å². The first-order chi connectivity index (χ1) is 13.1. The number of hydrogen-bond acceptors (Lipinski definition) is 5. The highest BCUT2D eigenvalue weighted by Gasteiger charge is 2.40. The van der Waals surface area contributed by atoms with Gasteiger partial charge in [0.25, 0.3) is 0 Å². The number of nitrogens with one attached hydrogen (secondary N) is 1. The lowest BCUT2D eigenvalue weighted by molar-refractivity contribution is -0.125. The Morgan fingerprint density at radius 1 is 1.52 bits per heavy atom. The summed E-state index contributed by atoms with van der Waals surface area (Å²) in [4.78, 5) is 19.8. The van der Waals surface area contributed by atoms with E-state index in [0.717, 1.165) is 19.4 Å². The zero-order valence-corrected chi connectivity index (χ0v) is 17.0. The van der Waals surface area contributed by atoms with Gasteiger partial charge in [0.15, 0.2) is 0 Å². The average molecular weight is 442 g/mol. The van der Waals surface area contributed by atoms with Gasteiger partial charge in [-0.05, 0) is 31.0 Å². The molecule has 1 aromatic carbocycles. The maximum Gasteiger partial charge on any atom is 0.230 e. The Bertz CT molecular complexity index is 701. The summed E-state index contributed by atoms with van der Waals surface area (Å²) >= 11 is 3.26. The molecule has 2 atom stereocenters. The molecule has 0 aromatic heterocycles. The molecule has 2 unspecified atom stereocenters. The van der Waals surface area contributed by atoms with Crippen LogP contribution in [-0.4, -0.2) is 62.7 Å². The molecule has 2 aliphatic heterocycles. The zero-order chi connectivity index (χ0) is 19.2. The summed E-state index contributed by atoms with van der Waals surface area (Å²) in [5, 5.41) is 2.94. The number of aliphatic imine (C=N–C) groups is 1. The van der Waals surface area contributed by atoms with E-state index in [4.69, 9.17) is 9.47 Å². The zero-order valence-electron chi connectivity index (χ0n) is 15.4. The van der Waals surface area contributed by atoms with Crippen LogP contribution in [0.25, 0.3) is 0 Å². The number of halogens is 2. The second-order valence-corrected chi connectivity index (χ2v) is 7.69. The fourth-order valence-electron chi connectivity index (χ4n) is 3.69. The molecule has 148 valence electrons. The third-order valence-corrected chi connectivity index (χ3v) is 5.47. The highest BCUT2D eigenvalue weighted by Crippen LogP contribution is 2.30. The molecule has 2 aliphatic rings. The topological polar surface area (TPSA) is 63.2 Å². The lowest BCUT2D eigenvalue weighted by Crippen LogP contribution is -2.50. The van der Waals surface area contributed by atoms with Crippen LogP contribution in [0.1, 0.15) is 19.3 Å². The monoisotopic (exact) mass is 441 g/mol. The van der Waals surface area contributed by atoms with Crippen molar-refractivity contribution in [3.05, 3.63) is 28.5 Å². The number of rotatable bonds is 5. The van der Waals surface area contributed by atoms with Crippen molar-refractivity contribution in [2.24, 2.45) is 10.9 Å². The predicted octanol–water partition coefficient (Wildman–Crippen LogP) is 2.88. The van der Waals surface area contributed by atoms with Gasteiger partial charge in [0.1, 0.15) is 5.82 Å². The Labute approximate surface area is 167 Å². The van der Waals surface area contributed by atoms with E-state index in [1.54, 1.807) is 19.2 Å². The van der Waals surface area contributed by atoms with Crippen molar-refractivity contribution < 1.29 is 18.7 Å². The van der Waals surface area contributed by atoms with Gasteiger partial charge in [-0.1, -0.05) is 15.9 Å². The number of benzene rings is 1. The molecule has 1 N–H and O–H groups in total. The first kappa shape index (κ1) is 20.4. The van der Waals surface area contributed by atoms with Gasteiger partial charge in [-0.2, -0.15) is 0 Å². The van der Waals surface area contributed by atoms with Gasteiger partial charge < -0.3 is 14.8 Å². The minimum absolute atomic E-state index is 0.0186. The van der Waals surface area contributed by atoms with Crippen LogP contribution >= 0.6 is 15.9 Å². The van der Waals surface area contributed by atoms with Crippen molar-refractivity contribution in [1.29, 1.82) is 0 Å². The van der Waals surface area contributed by atoms with E-state index in [9.17, 15) is 9.18 Å². The normalized spacial score (nSPS) is 25.1. The van der Waals surface area contributed by atoms with Crippen LogP contribution in [0.3, 0.4) is 0 Å². The van der Waals surface area contributed by atoms with E-state index in [-0.39, 0.29) is 17.6 Å². The van der Waals surface area contributed by atoms with E-state index >= 15 is 0 Å². The smallest absolute Gasteiger partial charge is 0.230 e. The number of carbonyl (C=O) groups excluding carboxylic acids is 1. The Morgan fingerprint density at radius 3 is 3.15 bits per heavy atom. The van der Waals surface area contributed by atoms with Crippen LogP contribution in [0.4, 0.5) is 10.1 Å². The van der Waals surface area contributed by atoms with Crippen molar-refractivity contribution in [1.82, 2.24) is 10.2 Å². The van der Waals surface area contributed by atoms with E-state index in [2.05, 4.69) is 31.1 Å². The standard InChI is InChI=1S/C19H25BrFN3O3/c1-26-10-7-22-19(25)18-16(23-15-5-4-13(20)11-14(15)21)6-9-27-12-24-8-2-3-17(18)24/h4-5,11,17-18H,2-3,6-10,12H2,1H3,(H,22,25). The van der Waals surface area contributed by atoms with E-state index in [1.165, 1.54) is 6.07 Å². The molecule has 2 saturated heterocycles. The maximum atomic E-state index is 14.3. The summed E-state index contributed by atoms with van der Waals surface area (Å²) in [5.41, 5.74) is 0.913. The highest BCUT2D eigenvalue weighted by molar-refractivity contribution is 9.10. The summed E-state index contributed by atoms with van der Waals surface area (Å²) in [6.45, 7) is 2.76. The quantitative estimate of drug-likeness (QED) is 0.713. The molecular formula is C19H25BrFN3O3. The van der Waals surface area contributed by atoms with E-state index in [0.29, 0.717) is 43.1 Å². The molecule has 0 aliphatic carbocycles. The van der Waals surface area contributed by atoms with Gasteiger partial charge in [-0.3, -0.25) is 14.7 Å². The Morgan fingerprint density at radius 2 is 2.37 bits per heavy atom. The number of amides is 1. The van der Waals surface area contributed by atoms with Crippen molar-refractivity contribution in [3.63, 3.8) is 0 Å². The molecule has 0 spiro atoms. The number of methoxy groups -OCH3 is 1. The van der Waals surface area contributed by atoms with Crippen LogP contribution in [0.15, 0.2) is 27.7 Å². The molecule has 1 aromatic rings. The maximum absolute atomic E-state index is 14.3. The molecule has 0 bridgehead atoms. The van der Waals surface area contributed by atoms with Gasteiger partial charge in [0.05, 0.1) is 31.5 Å². The van der Waals surface area contributed by atoms with Crippen LogP contribution in [-0.2, 0) is 14.3 Å². The molecule has 0 saturated carbocycles. The van der Waals surface area contributed by atoms with Gasteiger partial charge >= 0.3 is 0 Å². The summed E-state index contributed by atoms with van der Waals surface area (Å²) in [6.07, 6.45) is 2.41. The average Bonchev–Trinajstić information content (AvgIpc) is 3.06. The third-order valence-electron chi connectivity index (χ3n) is 4.98. The number of carbonyl (C=O) groups is 1. The Hall–Kier alpha value is -1.35. The summed E-state index contributed by atoms with van der Waals surface area (Å²) in [5.74, 6) is -0.917. The second kappa shape index (κ2) is 9.73. The Balaban J connectivity index is 1.92. The molecule has 6 nitrogen and oxygen atoms in total. The lowest BCUT2D eigenvalue weighted by atomic mass is 9.89. The summed E-state index contributed by atoms with van der Waals surface area (Å²) in [6, 6.07) is 4.77. The van der Waals surface area contributed by atoms with E-state index in [1.807, 2.05) is 0 Å². The van der Waals surface area contributed by atoms with Crippen LogP contribution in [0.2, 0.25) is 0 Å². The highest BCUT2D eigenvalue weighted by atomic mass is 79.9. The molecule has 0 radical (unpaired) electrons. The largest absolute Gasteiger partial charge is 0.383 e. The molecular weight excluding hydrogens is 417 g/mol. The Kier molecular flexibility index (Phi) is 7.34. The molecule has 1 amide bonds.